The molecule has 17 heavy (non-hydrogen) atoms. The van der Waals surface area contributed by atoms with Gasteiger partial charge in [0.05, 0.1) is 18.9 Å². The van der Waals surface area contributed by atoms with Gasteiger partial charge in [0.2, 0.25) is 15.9 Å². The van der Waals surface area contributed by atoms with Crippen molar-refractivity contribution in [2.24, 2.45) is 0 Å². The monoisotopic (exact) mass is 286 g/mol. The van der Waals surface area contributed by atoms with Crippen LogP contribution >= 0.6 is 11.6 Å². The van der Waals surface area contributed by atoms with Crippen molar-refractivity contribution in [1.29, 1.82) is 0 Å². The minimum Gasteiger partial charge on any atom is -0.383 e. The Kier molecular flexibility index (Phi) is 7.69. The first-order valence-electron chi connectivity index (χ1n) is 5.08. The van der Waals surface area contributed by atoms with E-state index in [1.807, 2.05) is 0 Å². The molecular weight excluding hydrogens is 268 g/mol. The Morgan fingerprint density at radius 2 is 1.94 bits per heavy atom. The second-order valence-electron chi connectivity index (χ2n) is 3.62. The fourth-order valence-electron chi connectivity index (χ4n) is 1.03. The number of hydrogen-bond donors (Lipinski definition) is 0. The quantitative estimate of drug-likeness (QED) is 0.569. The molecule has 102 valence electrons. The summed E-state index contributed by atoms with van der Waals surface area (Å²) in [4.78, 5) is 12.9. The van der Waals surface area contributed by atoms with Gasteiger partial charge < -0.3 is 9.64 Å². The van der Waals surface area contributed by atoms with Gasteiger partial charge in [-0.3, -0.25) is 4.79 Å². The molecule has 0 unspecified atom stereocenters. The smallest absolute Gasteiger partial charge is 0.237 e. The summed E-state index contributed by atoms with van der Waals surface area (Å²) in [5.41, 5.74) is 0. The van der Waals surface area contributed by atoms with Gasteiger partial charge in [-0.05, 0) is 0 Å². The molecule has 0 saturated carbocycles. The first-order valence-corrected chi connectivity index (χ1v) is 7.22. The van der Waals surface area contributed by atoms with Crippen LogP contribution in [0.25, 0.3) is 0 Å². The molecule has 0 radical (unpaired) electrons. The number of likely N-dealkylation sites (N-methyl/N-ethyl adjacent to an activating group) is 1. The second kappa shape index (κ2) is 7.86. The van der Waals surface area contributed by atoms with Crippen molar-refractivity contribution in [1.82, 2.24) is 9.21 Å². The van der Waals surface area contributed by atoms with E-state index >= 15 is 0 Å². The lowest BCUT2D eigenvalue weighted by molar-refractivity contribution is -0.128. The number of carbonyl (C=O) groups is 1. The molecule has 0 N–H and O–H groups in total. The number of halogens is 1. The molecule has 0 saturated heterocycles. The van der Waals surface area contributed by atoms with E-state index in [2.05, 4.69) is 0 Å². The summed E-state index contributed by atoms with van der Waals surface area (Å²) < 4.78 is 29.5. The van der Waals surface area contributed by atoms with Crippen LogP contribution in [0.2, 0.25) is 0 Å². The molecule has 0 bridgehead atoms. The molecule has 0 aromatic rings. The fourth-order valence-corrected chi connectivity index (χ4v) is 2.73. The van der Waals surface area contributed by atoms with Crippen molar-refractivity contribution in [3.63, 3.8) is 0 Å². The molecule has 0 rings (SSSR count). The maximum absolute atomic E-state index is 11.8. The van der Waals surface area contributed by atoms with Gasteiger partial charge in [0.15, 0.2) is 0 Å². The number of ether oxygens (including phenoxy) is 1. The third-order valence-corrected chi connectivity index (χ3v) is 4.32. The number of amides is 1. The van der Waals surface area contributed by atoms with Crippen molar-refractivity contribution in [3.8, 4) is 0 Å². The zero-order valence-corrected chi connectivity index (χ0v) is 11.9. The topological polar surface area (TPSA) is 66.9 Å². The Hall–Kier alpha value is -0.370. The molecule has 0 fully saturated rings. The lowest BCUT2D eigenvalue weighted by Gasteiger charge is -2.22. The summed E-state index contributed by atoms with van der Waals surface area (Å²) in [6.45, 7) is 0.201. The fraction of sp³-hybridized carbons (Fsp3) is 0.889. The maximum atomic E-state index is 11.8. The highest BCUT2D eigenvalue weighted by Crippen LogP contribution is 2.03. The Morgan fingerprint density at radius 3 is 2.35 bits per heavy atom. The third-order valence-electron chi connectivity index (χ3n) is 2.08. The van der Waals surface area contributed by atoms with E-state index in [1.54, 1.807) is 14.1 Å². The van der Waals surface area contributed by atoms with Crippen LogP contribution in [0.5, 0.6) is 0 Å². The highest BCUT2D eigenvalue weighted by atomic mass is 35.5. The number of hydrogen-bond acceptors (Lipinski definition) is 4. The van der Waals surface area contributed by atoms with Crippen LogP contribution in [0.1, 0.15) is 0 Å². The summed E-state index contributed by atoms with van der Waals surface area (Å²) in [7, 11) is 1.12. The molecule has 0 aliphatic heterocycles. The third kappa shape index (κ3) is 6.21. The van der Waals surface area contributed by atoms with E-state index in [0.717, 1.165) is 4.31 Å². The number of rotatable bonds is 8. The first kappa shape index (κ1) is 16.6. The standard InChI is InChI=1S/C9H19ClN2O4S/c1-11(2)9(13)8-12(5-6-16-3)17(14,15)7-4-10/h4-8H2,1-3H3. The minimum atomic E-state index is -3.50. The number of sulfonamides is 1. The highest BCUT2D eigenvalue weighted by molar-refractivity contribution is 7.89. The van der Waals surface area contributed by atoms with Gasteiger partial charge in [-0.1, -0.05) is 0 Å². The first-order chi connectivity index (χ1) is 7.85. The van der Waals surface area contributed by atoms with Crippen molar-refractivity contribution in [2.45, 2.75) is 0 Å². The Labute approximate surface area is 108 Å². The lowest BCUT2D eigenvalue weighted by Crippen LogP contribution is -2.43. The SMILES string of the molecule is COCCN(CC(=O)N(C)C)S(=O)(=O)CCCl. The molecule has 0 aliphatic rings. The van der Waals surface area contributed by atoms with Crippen LogP contribution < -0.4 is 0 Å². The predicted molar refractivity (Wildman–Crippen MR) is 66.6 cm³/mol. The molecule has 6 nitrogen and oxygen atoms in total. The molecule has 0 aromatic heterocycles. The zero-order chi connectivity index (χ0) is 13.5. The van der Waals surface area contributed by atoms with Crippen LogP contribution in [0.4, 0.5) is 0 Å². The van der Waals surface area contributed by atoms with E-state index in [4.69, 9.17) is 16.3 Å². The average Bonchev–Trinajstić information content (AvgIpc) is 2.23. The van der Waals surface area contributed by atoms with E-state index in [-0.39, 0.29) is 37.2 Å². The van der Waals surface area contributed by atoms with Crippen LogP contribution in [-0.2, 0) is 19.6 Å². The minimum absolute atomic E-state index is 0.00195. The normalized spacial score (nSPS) is 11.8. The lowest BCUT2D eigenvalue weighted by atomic mass is 10.5. The second-order valence-corrected chi connectivity index (χ2v) is 6.09. The number of carbonyl (C=O) groups excluding carboxylic acids is 1. The molecule has 0 heterocycles. The van der Waals surface area contributed by atoms with E-state index < -0.39 is 10.0 Å². The molecule has 0 aromatic carbocycles. The van der Waals surface area contributed by atoms with Crippen LogP contribution in [-0.4, -0.2) is 76.1 Å². The van der Waals surface area contributed by atoms with Gasteiger partial charge in [-0.25, -0.2) is 8.42 Å². The van der Waals surface area contributed by atoms with Gasteiger partial charge in [0.1, 0.15) is 0 Å². The number of alkyl halides is 1. The van der Waals surface area contributed by atoms with Gasteiger partial charge in [-0.15, -0.1) is 11.6 Å². The van der Waals surface area contributed by atoms with Crippen molar-refractivity contribution in [2.75, 3.05) is 52.5 Å². The van der Waals surface area contributed by atoms with Gasteiger partial charge in [-0.2, -0.15) is 4.31 Å². The number of nitrogens with zero attached hydrogens (tertiary/aromatic N) is 2. The summed E-state index contributed by atoms with van der Waals surface area (Å²) in [5.74, 6) is -0.458. The Bertz CT molecular complexity index is 332. The molecule has 0 aliphatic carbocycles. The highest BCUT2D eigenvalue weighted by Gasteiger charge is 2.24. The van der Waals surface area contributed by atoms with Crippen LogP contribution in [0.15, 0.2) is 0 Å². The van der Waals surface area contributed by atoms with E-state index in [0.29, 0.717) is 0 Å². The Morgan fingerprint density at radius 1 is 1.35 bits per heavy atom. The van der Waals surface area contributed by atoms with E-state index in [9.17, 15) is 13.2 Å². The summed E-state index contributed by atoms with van der Waals surface area (Å²) in [5, 5.41) is 0. The maximum Gasteiger partial charge on any atom is 0.237 e. The summed E-state index contributed by atoms with van der Waals surface area (Å²) in [6, 6.07) is 0. The van der Waals surface area contributed by atoms with Gasteiger partial charge >= 0.3 is 0 Å². The largest absolute Gasteiger partial charge is 0.383 e. The number of methoxy groups -OCH3 is 1. The summed E-state index contributed by atoms with van der Waals surface area (Å²) in [6.07, 6.45) is 0. The summed E-state index contributed by atoms with van der Waals surface area (Å²) >= 11 is 5.43. The van der Waals surface area contributed by atoms with Crippen molar-refractivity contribution >= 4 is 27.5 Å². The van der Waals surface area contributed by atoms with Crippen LogP contribution in [0.3, 0.4) is 0 Å². The molecule has 0 atom stereocenters. The zero-order valence-electron chi connectivity index (χ0n) is 10.3. The van der Waals surface area contributed by atoms with Crippen molar-refractivity contribution in [3.05, 3.63) is 0 Å². The predicted octanol–water partition coefficient (Wildman–Crippen LogP) is -0.408. The van der Waals surface area contributed by atoms with Crippen molar-refractivity contribution < 1.29 is 17.9 Å². The molecule has 8 heteroatoms. The molecule has 1 amide bonds. The van der Waals surface area contributed by atoms with Gasteiger partial charge in [0, 0.05) is 33.6 Å². The molecule has 0 spiro atoms. The van der Waals surface area contributed by atoms with Gasteiger partial charge in [0.25, 0.3) is 0 Å². The van der Waals surface area contributed by atoms with Crippen LogP contribution in [0, 0.1) is 0 Å². The van der Waals surface area contributed by atoms with E-state index in [1.165, 1.54) is 12.0 Å². The Balaban J connectivity index is 4.70. The average molecular weight is 287 g/mol. The molecular formula is C9H19ClN2O4S.